The van der Waals surface area contributed by atoms with Crippen LogP contribution in [0.25, 0.3) is 0 Å². The smallest absolute Gasteiger partial charge is 0.137 e. The molecule has 20 heavy (non-hydrogen) atoms. The van der Waals surface area contributed by atoms with Gasteiger partial charge in [0.25, 0.3) is 0 Å². The Bertz CT molecular complexity index is 519. The minimum absolute atomic E-state index is 0.166. The summed E-state index contributed by atoms with van der Waals surface area (Å²) in [7, 11) is 0. The van der Waals surface area contributed by atoms with Gasteiger partial charge in [-0.1, -0.05) is 11.6 Å². The number of likely N-dealkylation sites (tertiary alicyclic amines) is 1. The molecule has 2 nitrogen and oxygen atoms in total. The summed E-state index contributed by atoms with van der Waals surface area (Å²) in [6, 6.07) is 4.98. The molecule has 0 amide bonds. The van der Waals surface area contributed by atoms with Crippen molar-refractivity contribution in [2.75, 3.05) is 6.54 Å². The van der Waals surface area contributed by atoms with Gasteiger partial charge in [-0.15, -0.1) is 0 Å². The largest absolute Gasteiger partial charge is 0.299 e. The molecule has 1 aliphatic carbocycles. The second-order valence-electron chi connectivity index (χ2n) is 5.88. The average Bonchev–Trinajstić information content (AvgIpc) is 3.02. The molecule has 0 radical (unpaired) electrons. The van der Waals surface area contributed by atoms with Gasteiger partial charge in [0.2, 0.25) is 0 Å². The molecule has 1 saturated carbocycles. The summed E-state index contributed by atoms with van der Waals surface area (Å²) in [6.45, 7) is 1.50. The van der Waals surface area contributed by atoms with Crippen LogP contribution in [0.2, 0.25) is 5.02 Å². The van der Waals surface area contributed by atoms with Gasteiger partial charge in [-0.2, -0.15) is 0 Å². The van der Waals surface area contributed by atoms with Crippen LogP contribution >= 0.6 is 11.6 Å². The number of benzene rings is 1. The molecular formula is C16H19ClFNO. The molecule has 0 aromatic heterocycles. The molecular weight excluding hydrogens is 277 g/mol. The molecule has 4 heteroatoms. The van der Waals surface area contributed by atoms with E-state index in [0.29, 0.717) is 29.0 Å². The minimum atomic E-state index is -0.210. The summed E-state index contributed by atoms with van der Waals surface area (Å²) in [5.41, 5.74) is 0.634. The number of halogens is 2. The van der Waals surface area contributed by atoms with Crippen molar-refractivity contribution in [3.63, 3.8) is 0 Å². The highest BCUT2D eigenvalue weighted by atomic mass is 35.5. The quantitative estimate of drug-likeness (QED) is 0.845. The van der Waals surface area contributed by atoms with Crippen LogP contribution in [0.1, 0.15) is 37.7 Å². The third-order valence-electron chi connectivity index (χ3n) is 4.61. The maximum Gasteiger partial charge on any atom is 0.137 e. The zero-order chi connectivity index (χ0) is 14.1. The van der Waals surface area contributed by atoms with Crippen LogP contribution < -0.4 is 0 Å². The van der Waals surface area contributed by atoms with Crippen molar-refractivity contribution in [2.24, 2.45) is 5.92 Å². The summed E-state index contributed by atoms with van der Waals surface area (Å²) >= 11 is 5.95. The SMILES string of the molecule is O=C1CCCC1C1CCCN1Cc1cc(Cl)ccc1F. The Morgan fingerprint density at radius 1 is 1.30 bits per heavy atom. The van der Waals surface area contributed by atoms with Crippen LogP contribution in [0.4, 0.5) is 4.39 Å². The highest BCUT2D eigenvalue weighted by Gasteiger charge is 2.38. The third kappa shape index (κ3) is 2.75. The first kappa shape index (κ1) is 14.0. The van der Waals surface area contributed by atoms with Crippen LogP contribution in [0.3, 0.4) is 0 Å². The van der Waals surface area contributed by atoms with E-state index in [-0.39, 0.29) is 11.7 Å². The zero-order valence-electron chi connectivity index (χ0n) is 11.4. The molecule has 108 valence electrons. The van der Waals surface area contributed by atoms with Gasteiger partial charge in [0, 0.05) is 35.5 Å². The second kappa shape index (κ2) is 5.82. The Balaban J connectivity index is 1.75. The molecule has 0 spiro atoms. The number of ketones is 1. The van der Waals surface area contributed by atoms with Crippen LogP contribution in [0.15, 0.2) is 18.2 Å². The zero-order valence-corrected chi connectivity index (χ0v) is 12.2. The Kier molecular flexibility index (Phi) is 4.08. The van der Waals surface area contributed by atoms with Crippen LogP contribution in [-0.2, 0) is 11.3 Å². The fraction of sp³-hybridized carbons (Fsp3) is 0.562. The Morgan fingerprint density at radius 3 is 2.90 bits per heavy atom. The number of nitrogens with zero attached hydrogens (tertiary/aromatic N) is 1. The van der Waals surface area contributed by atoms with Crippen molar-refractivity contribution in [3.05, 3.63) is 34.6 Å². The van der Waals surface area contributed by atoms with Crippen molar-refractivity contribution in [3.8, 4) is 0 Å². The maximum absolute atomic E-state index is 13.9. The first-order valence-corrected chi connectivity index (χ1v) is 7.73. The summed E-state index contributed by atoms with van der Waals surface area (Å²) in [4.78, 5) is 14.2. The highest BCUT2D eigenvalue weighted by Crippen LogP contribution is 2.34. The summed E-state index contributed by atoms with van der Waals surface area (Å²) < 4.78 is 13.9. The van der Waals surface area contributed by atoms with Gasteiger partial charge in [-0.3, -0.25) is 9.69 Å². The van der Waals surface area contributed by atoms with E-state index in [9.17, 15) is 9.18 Å². The van der Waals surface area contributed by atoms with Gasteiger partial charge in [0.05, 0.1) is 0 Å². The topological polar surface area (TPSA) is 20.3 Å². The standard InChI is InChI=1S/C16H19ClFNO/c17-12-6-7-14(18)11(9-12)10-19-8-2-4-15(19)13-3-1-5-16(13)20/h6-7,9,13,15H,1-5,8,10H2. The molecule has 2 atom stereocenters. The van der Waals surface area contributed by atoms with Gasteiger partial charge < -0.3 is 0 Å². The first-order valence-electron chi connectivity index (χ1n) is 7.36. The van der Waals surface area contributed by atoms with Crippen molar-refractivity contribution >= 4 is 17.4 Å². The van der Waals surface area contributed by atoms with E-state index in [1.165, 1.54) is 6.07 Å². The van der Waals surface area contributed by atoms with Gasteiger partial charge in [0.1, 0.15) is 11.6 Å². The maximum atomic E-state index is 13.9. The Morgan fingerprint density at radius 2 is 2.15 bits per heavy atom. The Hall–Kier alpha value is -0.930. The number of carbonyl (C=O) groups excluding carboxylic acids is 1. The molecule has 2 aliphatic rings. The lowest BCUT2D eigenvalue weighted by Gasteiger charge is -2.28. The van der Waals surface area contributed by atoms with E-state index < -0.39 is 0 Å². The normalized spacial score (nSPS) is 27.4. The van der Waals surface area contributed by atoms with Gasteiger partial charge in [0.15, 0.2) is 0 Å². The summed E-state index contributed by atoms with van der Waals surface area (Å²) in [6.07, 6.45) is 4.88. The first-order chi connectivity index (χ1) is 9.65. The van der Waals surface area contributed by atoms with Crippen LogP contribution in [-0.4, -0.2) is 23.3 Å². The number of Topliss-reactive ketones (excluding diaryl/α,β-unsaturated/α-hetero) is 1. The lowest BCUT2D eigenvalue weighted by molar-refractivity contribution is -0.122. The predicted molar refractivity (Wildman–Crippen MR) is 77.2 cm³/mol. The van der Waals surface area contributed by atoms with Crippen LogP contribution in [0.5, 0.6) is 0 Å². The van der Waals surface area contributed by atoms with Gasteiger partial charge in [-0.05, 0) is 50.4 Å². The lowest BCUT2D eigenvalue weighted by atomic mass is 9.95. The molecule has 1 heterocycles. The number of hydrogen-bond acceptors (Lipinski definition) is 2. The molecule has 1 aromatic carbocycles. The summed E-state index contributed by atoms with van der Waals surface area (Å²) in [5, 5.41) is 0.564. The fourth-order valence-electron chi connectivity index (χ4n) is 3.64. The van der Waals surface area contributed by atoms with Crippen LogP contribution in [0, 0.1) is 11.7 Å². The van der Waals surface area contributed by atoms with Crippen molar-refractivity contribution in [1.82, 2.24) is 4.90 Å². The minimum Gasteiger partial charge on any atom is -0.299 e. The molecule has 1 aromatic rings. The number of rotatable bonds is 3. The van der Waals surface area contributed by atoms with E-state index in [1.807, 2.05) is 0 Å². The highest BCUT2D eigenvalue weighted by molar-refractivity contribution is 6.30. The van der Waals surface area contributed by atoms with Gasteiger partial charge >= 0.3 is 0 Å². The third-order valence-corrected chi connectivity index (χ3v) is 4.85. The molecule has 3 rings (SSSR count). The fourth-order valence-corrected chi connectivity index (χ4v) is 3.83. The molecule has 0 N–H and O–H groups in total. The van der Waals surface area contributed by atoms with Crippen molar-refractivity contribution < 1.29 is 9.18 Å². The monoisotopic (exact) mass is 295 g/mol. The van der Waals surface area contributed by atoms with E-state index in [4.69, 9.17) is 11.6 Å². The van der Waals surface area contributed by atoms with E-state index in [1.54, 1.807) is 12.1 Å². The number of carbonyl (C=O) groups is 1. The molecule has 2 fully saturated rings. The summed E-state index contributed by atoms with van der Waals surface area (Å²) in [5.74, 6) is 0.353. The van der Waals surface area contributed by atoms with Gasteiger partial charge in [-0.25, -0.2) is 4.39 Å². The molecule has 1 aliphatic heterocycles. The van der Waals surface area contributed by atoms with E-state index >= 15 is 0 Å². The van der Waals surface area contributed by atoms with Crippen molar-refractivity contribution in [1.29, 1.82) is 0 Å². The number of hydrogen-bond donors (Lipinski definition) is 0. The molecule has 1 saturated heterocycles. The lowest BCUT2D eigenvalue weighted by Crippen LogP contribution is -2.37. The molecule has 2 unspecified atom stereocenters. The van der Waals surface area contributed by atoms with E-state index in [2.05, 4.69) is 4.90 Å². The predicted octanol–water partition coefficient (Wildman–Crippen LogP) is 3.81. The molecule has 0 bridgehead atoms. The second-order valence-corrected chi connectivity index (χ2v) is 6.32. The average molecular weight is 296 g/mol. The van der Waals surface area contributed by atoms with E-state index in [0.717, 1.165) is 38.6 Å². The van der Waals surface area contributed by atoms with Crippen molar-refractivity contribution in [2.45, 2.75) is 44.7 Å². The Labute approximate surface area is 123 Å².